The maximum atomic E-state index is 13.1. The molecule has 0 bridgehead atoms. The number of nitrogen functional groups attached to an aromatic ring is 1. The van der Waals surface area contributed by atoms with E-state index in [1.807, 2.05) is 11.0 Å². The Kier molecular flexibility index (Phi) is 5.56. The summed E-state index contributed by atoms with van der Waals surface area (Å²) < 4.78 is 46.0. The van der Waals surface area contributed by atoms with Crippen molar-refractivity contribution >= 4 is 17.5 Å². The molecule has 3 aromatic rings. The fraction of sp³-hybridized carbons (Fsp3) is 0.238. The molecule has 0 atom stereocenters. The summed E-state index contributed by atoms with van der Waals surface area (Å²) in [6.45, 7) is 1.73. The van der Waals surface area contributed by atoms with Gasteiger partial charge in [-0.25, -0.2) is 0 Å². The average molecular weight is 448 g/mol. The summed E-state index contributed by atoms with van der Waals surface area (Å²) in [7, 11) is 0. The summed E-state index contributed by atoms with van der Waals surface area (Å²) in [4.78, 5) is 16.7. The minimum Gasteiger partial charge on any atom is -0.506 e. The quantitative estimate of drug-likeness (QED) is 0.630. The molecule has 0 radical (unpaired) electrons. The topological polar surface area (TPSA) is 105 Å². The highest BCUT2D eigenvalue weighted by Gasteiger charge is 2.32. The number of aromatic hydroxyl groups is 1. The molecule has 2 heterocycles. The predicted molar refractivity (Wildman–Crippen MR) is 109 cm³/mol. The first-order valence-electron chi connectivity index (χ1n) is 9.66. The molecule has 1 saturated heterocycles. The second-order valence-electron chi connectivity index (χ2n) is 7.11. The molecule has 168 valence electrons. The number of benzene rings is 2. The van der Waals surface area contributed by atoms with Crippen LogP contribution >= 0.6 is 0 Å². The number of phenolic OH excluding ortho intramolecular Hbond substituents is 1. The second-order valence-corrected chi connectivity index (χ2v) is 7.11. The van der Waals surface area contributed by atoms with Gasteiger partial charge in [0.25, 0.3) is 5.91 Å². The highest BCUT2D eigenvalue weighted by Crippen LogP contribution is 2.32. The number of alkyl halides is 3. The molecule has 1 aromatic heterocycles. The molecule has 1 aliphatic rings. The van der Waals surface area contributed by atoms with Crippen molar-refractivity contribution in [1.29, 1.82) is 0 Å². The third kappa shape index (κ3) is 4.41. The number of amides is 1. The van der Waals surface area contributed by atoms with Gasteiger partial charge in [0.1, 0.15) is 22.8 Å². The van der Waals surface area contributed by atoms with Gasteiger partial charge in [-0.2, -0.15) is 0 Å². The van der Waals surface area contributed by atoms with E-state index in [0.29, 0.717) is 37.4 Å². The molecule has 3 N–H and O–H groups in total. The maximum absolute atomic E-state index is 13.1. The minimum atomic E-state index is -4.81. The van der Waals surface area contributed by atoms with E-state index < -0.39 is 18.0 Å². The van der Waals surface area contributed by atoms with Gasteiger partial charge in [0, 0.05) is 31.7 Å². The number of carbonyl (C=O) groups excluding carboxylic acids is 1. The minimum absolute atomic E-state index is 0.0468. The number of hydrogen-bond donors (Lipinski definition) is 2. The second kappa shape index (κ2) is 8.33. The van der Waals surface area contributed by atoms with Gasteiger partial charge in [-0.1, -0.05) is 17.3 Å². The van der Waals surface area contributed by atoms with Crippen molar-refractivity contribution in [3.8, 4) is 22.8 Å². The summed E-state index contributed by atoms with van der Waals surface area (Å²) >= 11 is 0. The number of hydrogen-bond acceptors (Lipinski definition) is 7. The molecular formula is C21H19F3N4O4. The Morgan fingerprint density at radius 1 is 1.06 bits per heavy atom. The lowest BCUT2D eigenvalue weighted by molar-refractivity contribution is -0.274. The normalized spacial score (nSPS) is 14.5. The molecule has 0 unspecified atom stereocenters. The molecule has 32 heavy (non-hydrogen) atoms. The number of nitrogens with two attached hydrogens (primary N) is 1. The van der Waals surface area contributed by atoms with Crippen molar-refractivity contribution in [2.75, 3.05) is 36.8 Å². The summed E-state index contributed by atoms with van der Waals surface area (Å²) in [6, 6.07) is 11.9. The lowest BCUT2D eigenvalue weighted by atomic mass is 10.1. The molecule has 0 aliphatic carbocycles. The van der Waals surface area contributed by atoms with Gasteiger partial charge in [0.05, 0.1) is 5.69 Å². The van der Waals surface area contributed by atoms with Crippen molar-refractivity contribution in [3.63, 3.8) is 0 Å². The van der Waals surface area contributed by atoms with Crippen molar-refractivity contribution in [2.24, 2.45) is 0 Å². The number of ether oxygens (including phenoxy) is 1. The van der Waals surface area contributed by atoms with E-state index in [9.17, 15) is 23.1 Å². The molecule has 1 aliphatic heterocycles. The highest BCUT2D eigenvalue weighted by molar-refractivity contribution is 6.03. The zero-order valence-electron chi connectivity index (χ0n) is 16.7. The van der Waals surface area contributed by atoms with Crippen LogP contribution in [0.15, 0.2) is 53.1 Å². The Labute approximate surface area is 180 Å². The number of nitrogens with zero attached hydrogens (tertiary/aromatic N) is 3. The van der Waals surface area contributed by atoms with E-state index in [-0.39, 0.29) is 22.9 Å². The van der Waals surface area contributed by atoms with Crippen LogP contribution in [0.3, 0.4) is 0 Å². The Morgan fingerprint density at radius 3 is 2.34 bits per heavy atom. The van der Waals surface area contributed by atoms with Crippen LogP contribution in [0.5, 0.6) is 11.5 Å². The van der Waals surface area contributed by atoms with Crippen LogP contribution in [0.4, 0.5) is 24.7 Å². The van der Waals surface area contributed by atoms with Crippen molar-refractivity contribution in [2.45, 2.75) is 6.36 Å². The third-order valence-electron chi connectivity index (χ3n) is 5.08. The summed E-state index contributed by atoms with van der Waals surface area (Å²) in [5.74, 6) is -0.809. The smallest absolute Gasteiger partial charge is 0.506 e. The van der Waals surface area contributed by atoms with Crippen LogP contribution in [-0.2, 0) is 0 Å². The van der Waals surface area contributed by atoms with E-state index >= 15 is 0 Å². The predicted octanol–water partition coefficient (Wildman–Crippen LogP) is 3.49. The summed E-state index contributed by atoms with van der Waals surface area (Å²) in [5, 5.41) is 13.9. The van der Waals surface area contributed by atoms with Gasteiger partial charge >= 0.3 is 6.36 Å². The van der Waals surface area contributed by atoms with Gasteiger partial charge < -0.3 is 29.9 Å². The highest BCUT2D eigenvalue weighted by atomic mass is 19.4. The number of carbonyl (C=O) groups is 1. The molecular weight excluding hydrogens is 429 g/mol. The summed E-state index contributed by atoms with van der Waals surface area (Å²) in [6.07, 6.45) is -4.81. The first-order chi connectivity index (χ1) is 15.2. The van der Waals surface area contributed by atoms with Gasteiger partial charge in [0.15, 0.2) is 0 Å². The van der Waals surface area contributed by atoms with Crippen LogP contribution < -0.4 is 15.4 Å². The van der Waals surface area contributed by atoms with Crippen LogP contribution in [0.1, 0.15) is 10.4 Å². The standard InChI is InChI=1S/C21H19F3N4O4/c22-21(23,24)31-14-7-5-13(6-8-14)18-17(19(25)32-26-18)20(30)28-11-9-27(10-12-28)15-3-1-2-4-16(15)29/h1-8,29H,9-12,25H2. The molecule has 2 aromatic carbocycles. The fourth-order valence-electron chi connectivity index (χ4n) is 3.56. The number of anilines is 2. The van der Waals surface area contributed by atoms with Crippen molar-refractivity contribution < 1.29 is 32.3 Å². The maximum Gasteiger partial charge on any atom is 0.573 e. The van der Waals surface area contributed by atoms with E-state index in [2.05, 4.69) is 9.89 Å². The van der Waals surface area contributed by atoms with E-state index in [4.69, 9.17) is 10.3 Å². The molecule has 11 heteroatoms. The lowest BCUT2D eigenvalue weighted by Crippen LogP contribution is -2.49. The number of aromatic nitrogens is 1. The number of halogens is 3. The first-order valence-corrected chi connectivity index (χ1v) is 9.66. The molecule has 1 amide bonds. The van der Waals surface area contributed by atoms with Crippen LogP contribution in [0.25, 0.3) is 11.3 Å². The number of phenols is 1. The zero-order valence-corrected chi connectivity index (χ0v) is 16.7. The van der Waals surface area contributed by atoms with Crippen LogP contribution in [0, 0.1) is 0 Å². The Balaban J connectivity index is 1.50. The summed E-state index contributed by atoms with van der Waals surface area (Å²) in [5.41, 5.74) is 7.07. The number of piperazine rings is 1. The molecule has 4 rings (SSSR count). The SMILES string of the molecule is Nc1onc(-c2ccc(OC(F)(F)F)cc2)c1C(=O)N1CCN(c2ccccc2O)CC1. The Bertz CT molecular complexity index is 1110. The third-order valence-corrected chi connectivity index (χ3v) is 5.08. The van der Waals surface area contributed by atoms with Gasteiger partial charge in [-0.15, -0.1) is 13.2 Å². The lowest BCUT2D eigenvalue weighted by Gasteiger charge is -2.36. The van der Waals surface area contributed by atoms with Crippen LogP contribution in [-0.4, -0.2) is 53.6 Å². The Hall–Kier alpha value is -3.89. The largest absolute Gasteiger partial charge is 0.573 e. The first kappa shape index (κ1) is 21.3. The monoisotopic (exact) mass is 448 g/mol. The fourth-order valence-corrected chi connectivity index (χ4v) is 3.56. The van der Waals surface area contributed by atoms with Gasteiger partial charge in [-0.3, -0.25) is 4.79 Å². The molecule has 0 spiro atoms. The van der Waals surface area contributed by atoms with E-state index in [1.165, 1.54) is 12.1 Å². The number of rotatable bonds is 4. The molecule has 0 saturated carbocycles. The average Bonchev–Trinajstić information content (AvgIpc) is 3.14. The van der Waals surface area contributed by atoms with Gasteiger partial charge in [-0.05, 0) is 36.4 Å². The molecule has 1 fully saturated rings. The van der Waals surface area contributed by atoms with Crippen molar-refractivity contribution in [1.82, 2.24) is 10.1 Å². The Morgan fingerprint density at radius 2 is 1.72 bits per heavy atom. The zero-order chi connectivity index (χ0) is 22.9. The van der Waals surface area contributed by atoms with E-state index in [1.54, 1.807) is 23.1 Å². The number of para-hydroxylation sites is 2. The molecule has 8 nitrogen and oxygen atoms in total. The van der Waals surface area contributed by atoms with Gasteiger partial charge in [0.2, 0.25) is 5.88 Å². The van der Waals surface area contributed by atoms with E-state index in [0.717, 1.165) is 12.1 Å². The van der Waals surface area contributed by atoms with Crippen LogP contribution in [0.2, 0.25) is 0 Å². The van der Waals surface area contributed by atoms with Crippen molar-refractivity contribution in [3.05, 3.63) is 54.1 Å².